The average molecular weight is 1040 g/mol. The minimum atomic E-state index is -4.56. The lowest BCUT2D eigenvalue weighted by molar-refractivity contribution is -0.138. The molecule has 3 aromatic carbocycles. The number of nitrogens with two attached hydrogens (primary N) is 3. The highest BCUT2D eigenvalue weighted by Crippen LogP contribution is 2.44. The molecule has 9 rings (SSSR count). The Morgan fingerprint density at radius 1 is 0.560 bits per heavy atom. The molecule has 3 aliphatic rings. The van der Waals surface area contributed by atoms with E-state index in [0.717, 1.165) is 113 Å². The molecule has 6 aromatic rings. The molecule has 0 spiro atoms. The van der Waals surface area contributed by atoms with Gasteiger partial charge in [0.05, 0.1) is 45.3 Å². The zero-order chi connectivity index (χ0) is 52.9. The normalized spacial score (nSPS) is 17.1. The summed E-state index contributed by atoms with van der Waals surface area (Å²) >= 11 is 0. The van der Waals surface area contributed by atoms with E-state index < -0.39 is 23.5 Å². The van der Waals surface area contributed by atoms with Gasteiger partial charge in [-0.25, -0.2) is 0 Å². The van der Waals surface area contributed by atoms with Crippen molar-refractivity contribution in [1.29, 1.82) is 5.41 Å². The first-order chi connectivity index (χ1) is 36.0. The van der Waals surface area contributed by atoms with Gasteiger partial charge in [0.25, 0.3) is 11.9 Å². The van der Waals surface area contributed by atoms with Crippen LogP contribution in [-0.2, 0) is 12.4 Å². The van der Waals surface area contributed by atoms with Crippen molar-refractivity contribution in [3.8, 4) is 11.9 Å². The Balaban J connectivity index is 1.19. The number of allylic oxidation sites excluding steroid dienone is 1. The van der Waals surface area contributed by atoms with Crippen molar-refractivity contribution in [3.63, 3.8) is 0 Å². The molecule has 24 heteroatoms. The van der Waals surface area contributed by atoms with Gasteiger partial charge in [-0.05, 0) is 106 Å². The van der Waals surface area contributed by atoms with Gasteiger partial charge in [0.2, 0.25) is 5.95 Å². The largest absolute Gasteiger partial charge is 0.416 e. The molecule has 18 nitrogen and oxygen atoms in total. The van der Waals surface area contributed by atoms with Crippen LogP contribution >= 0.6 is 0 Å². The summed E-state index contributed by atoms with van der Waals surface area (Å²) in [7, 11) is 0. The summed E-state index contributed by atoms with van der Waals surface area (Å²) in [4.78, 5) is 14.3. The molecule has 3 heterocycles. The van der Waals surface area contributed by atoms with Crippen molar-refractivity contribution < 1.29 is 26.3 Å². The van der Waals surface area contributed by atoms with Gasteiger partial charge in [-0.1, -0.05) is 75.5 Å². The molecule has 8 N–H and O–H groups in total. The smallest absolute Gasteiger partial charge is 0.383 e. The van der Waals surface area contributed by atoms with Crippen LogP contribution in [0.15, 0.2) is 115 Å². The van der Waals surface area contributed by atoms with Crippen LogP contribution in [0.2, 0.25) is 0 Å². The molecule has 0 atom stereocenters. The number of nitrogen functional groups attached to an aromatic ring is 2. The number of alkyl halides is 6. The maximum absolute atomic E-state index is 13.4. The monoisotopic (exact) mass is 1030 g/mol. The molecule has 0 unspecified atom stereocenters. The van der Waals surface area contributed by atoms with E-state index in [1.165, 1.54) is 33.6 Å². The van der Waals surface area contributed by atoms with Crippen molar-refractivity contribution in [2.24, 2.45) is 42.3 Å². The molecule has 3 aliphatic carbocycles. The first kappa shape index (κ1) is 52.0. The second kappa shape index (κ2) is 22.3. The molecular weight excluding hydrogens is 979 g/mol. The van der Waals surface area contributed by atoms with Gasteiger partial charge in [0.1, 0.15) is 11.5 Å². The third kappa shape index (κ3) is 12.2. The van der Waals surface area contributed by atoms with Gasteiger partial charge in [0, 0.05) is 17.8 Å². The molecule has 3 fully saturated rings. The quantitative estimate of drug-likeness (QED) is 0.0394. The summed E-state index contributed by atoms with van der Waals surface area (Å²) in [5.41, 5.74) is 22.5. The fourth-order valence-electron chi connectivity index (χ4n) is 9.68. The second-order valence-electron chi connectivity index (χ2n) is 19.2. The van der Waals surface area contributed by atoms with Crippen LogP contribution in [0, 0.1) is 18.3 Å². The predicted molar refractivity (Wildman–Crippen MR) is 271 cm³/mol. The molecule has 0 radical (unpaired) electrons. The van der Waals surface area contributed by atoms with E-state index in [4.69, 9.17) is 42.4 Å². The Morgan fingerprint density at radius 2 is 0.960 bits per heavy atom. The van der Waals surface area contributed by atoms with E-state index in [9.17, 15) is 31.8 Å². The van der Waals surface area contributed by atoms with Crippen LogP contribution < -0.4 is 22.5 Å². The highest BCUT2D eigenvalue weighted by molar-refractivity contribution is 6.00. The van der Waals surface area contributed by atoms with Gasteiger partial charge >= 0.3 is 12.4 Å². The van der Waals surface area contributed by atoms with Crippen molar-refractivity contribution in [2.75, 3.05) is 16.8 Å². The Morgan fingerprint density at radius 3 is 1.39 bits per heavy atom. The highest BCUT2D eigenvalue weighted by Gasteiger charge is 2.33. The average Bonchev–Trinajstić information content (AvgIpc) is 3.93. The summed E-state index contributed by atoms with van der Waals surface area (Å²) < 4.78 is 83.2. The predicted octanol–water partition coefficient (Wildman–Crippen LogP) is 14.6. The minimum Gasteiger partial charge on any atom is -0.383 e. The molecule has 0 saturated heterocycles. The SMILES string of the molecule is Cc1ccc(/N=N/c2c(C3CCCCC3)nn(-c3nc(N/C(N)=C(/N=N/c4ccc(C(F)(F)F)cc4)C(=N)C4CCCCC4)nc(-n4nc(C5CCCCC5)c(/N=N/c5ccc(C(F)(F)F)cc5)c4N)n3)c2N)cc1. The Bertz CT molecular complexity index is 3100. The van der Waals surface area contributed by atoms with E-state index >= 15 is 0 Å². The number of aromatic nitrogens is 7. The van der Waals surface area contributed by atoms with Gasteiger partial charge in [0.15, 0.2) is 23.0 Å². The van der Waals surface area contributed by atoms with E-state index in [-0.39, 0.29) is 81.5 Å². The molecule has 3 saturated carbocycles. The molecular formula is C51H56F6N18. The van der Waals surface area contributed by atoms with Gasteiger partial charge in [-0.2, -0.15) is 76.2 Å². The Kier molecular flexibility index (Phi) is 15.4. The second-order valence-corrected chi connectivity index (χ2v) is 19.2. The Hall–Kier alpha value is -7.92. The van der Waals surface area contributed by atoms with Crippen molar-refractivity contribution in [1.82, 2.24) is 34.5 Å². The van der Waals surface area contributed by atoms with E-state index in [1.54, 1.807) is 0 Å². The number of aryl methyl sites for hydroxylation is 1. The van der Waals surface area contributed by atoms with Crippen molar-refractivity contribution >= 4 is 51.7 Å². The first-order valence-electron chi connectivity index (χ1n) is 25.1. The molecule has 0 amide bonds. The van der Waals surface area contributed by atoms with Crippen LogP contribution in [0.25, 0.3) is 11.9 Å². The summed E-state index contributed by atoms with van der Waals surface area (Å²) in [6.07, 6.45) is 3.95. The molecule has 392 valence electrons. The zero-order valence-electron chi connectivity index (χ0n) is 41.1. The molecule has 0 aliphatic heterocycles. The Labute approximate surface area is 427 Å². The third-order valence-corrected chi connectivity index (χ3v) is 13.8. The number of halogens is 6. The van der Waals surface area contributed by atoms with Crippen LogP contribution in [0.3, 0.4) is 0 Å². The summed E-state index contributed by atoms with van der Waals surface area (Å²) in [6.45, 7) is 1.97. The summed E-state index contributed by atoms with van der Waals surface area (Å²) in [5, 5.41) is 48.8. The van der Waals surface area contributed by atoms with Crippen LogP contribution in [0.1, 0.15) is 136 Å². The maximum Gasteiger partial charge on any atom is 0.416 e. The van der Waals surface area contributed by atoms with Crippen LogP contribution in [-0.4, -0.2) is 40.2 Å². The minimum absolute atomic E-state index is 0.0208. The molecule has 0 bridgehead atoms. The van der Waals surface area contributed by atoms with Gasteiger partial charge < -0.3 is 27.9 Å². The van der Waals surface area contributed by atoms with Crippen LogP contribution in [0.4, 0.5) is 72.4 Å². The molecule has 3 aromatic heterocycles. The summed E-state index contributed by atoms with van der Waals surface area (Å²) in [6, 6.07) is 15.9. The third-order valence-electron chi connectivity index (χ3n) is 13.8. The lowest BCUT2D eigenvalue weighted by atomic mass is 9.85. The van der Waals surface area contributed by atoms with Gasteiger partial charge in [-0.3, -0.25) is 0 Å². The van der Waals surface area contributed by atoms with Gasteiger partial charge in [-0.15, -0.1) is 15.3 Å². The number of nitrogens with zero attached hydrogens (tertiary/aromatic N) is 13. The van der Waals surface area contributed by atoms with Crippen LogP contribution in [0.5, 0.6) is 0 Å². The lowest BCUT2D eigenvalue weighted by Crippen LogP contribution is -2.24. The lowest BCUT2D eigenvalue weighted by Gasteiger charge is -2.23. The van der Waals surface area contributed by atoms with E-state index in [1.807, 2.05) is 31.2 Å². The maximum atomic E-state index is 13.4. The van der Waals surface area contributed by atoms with Crippen molar-refractivity contribution in [3.05, 3.63) is 112 Å². The summed E-state index contributed by atoms with van der Waals surface area (Å²) in [5.74, 6) is -1.08. The fraction of sp³-hybridized carbons (Fsp3) is 0.412. The zero-order valence-corrected chi connectivity index (χ0v) is 41.1. The number of anilines is 3. The highest BCUT2D eigenvalue weighted by atomic mass is 19.4. The van der Waals surface area contributed by atoms with E-state index in [2.05, 4.69) is 36.0 Å². The standard InChI is InChI=1S/C51H56F6N18/c1-29-17-23-35(24-18-29)67-70-42-39(31-13-7-3-8-14-31)72-74(45(42)60)48-63-47(62-44(59)41(38(58)30-11-5-2-6-12-30)69-66-36-25-19-33(20-26-36)50(52,53)54)64-49(65-48)75-46(61)43(40(73-75)32-15-9-4-10-16-32)71-68-37-27-21-34(22-28-37)51(55,56)57/h17-28,30-32,58H,2-16,59-61H2,1H3,(H,62,63,64,65)/b44-41+,58-38?,69-66+,70-67+,71-68+. The number of benzene rings is 3. The number of nitrogens with one attached hydrogen (secondary N) is 2. The first-order valence-corrected chi connectivity index (χ1v) is 25.1. The molecule has 75 heavy (non-hydrogen) atoms. The topological polar surface area (TPSA) is 262 Å². The number of rotatable bonds is 14. The van der Waals surface area contributed by atoms with Crippen molar-refractivity contribution in [2.45, 2.75) is 127 Å². The fourth-order valence-corrected chi connectivity index (χ4v) is 9.68. The number of azo groups is 3. The number of hydrogen-bond donors (Lipinski definition) is 5. The van der Waals surface area contributed by atoms with E-state index in [0.29, 0.717) is 35.6 Å². The number of hydrogen-bond acceptors (Lipinski definition) is 16.